The van der Waals surface area contributed by atoms with E-state index >= 15 is 0 Å². The number of hydrogen-bond donors (Lipinski definition) is 0. The molecule has 0 aliphatic carbocycles. The summed E-state index contributed by atoms with van der Waals surface area (Å²) >= 11 is 0. The highest BCUT2D eigenvalue weighted by molar-refractivity contribution is 6.24. The van der Waals surface area contributed by atoms with Gasteiger partial charge in [-0.2, -0.15) is 0 Å². The van der Waals surface area contributed by atoms with Crippen molar-refractivity contribution in [2.75, 3.05) is 23.7 Å². The first kappa shape index (κ1) is 28.9. The Hall–Kier alpha value is -5.22. The molecule has 2 aliphatic heterocycles. The zero-order valence-electron chi connectivity index (χ0n) is 24.0. The molecule has 0 radical (unpaired) electrons. The van der Waals surface area contributed by atoms with Crippen molar-refractivity contribution in [3.8, 4) is 17.2 Å². The highest BCUT2D eigenvalue weighted by Crippen LogP contribution is 2.48. The number of para-hydroxylation sites is 1. The van der Waals surface area contributed by atoms with Gasteiger partial charge in [-0.15, -0.1) is 0 Å². The van der Waals surface area contributed by atoms with Crippen LogP contribution in [0, 0.1) is 11.7 Å². The number of methoxy groups -OCH3 is 1. The van der Waals surface area contributed by atoms with Crippen LogP contribution in [-0.4, -0.2) is 37.6 Å². The molecule has 0 N–H and O–H groups in total. The first-order valence-electron chi connectivity index (χ1n) is 14.2. The predicted molar refractivity (Wildman–Crippen MR) is 159 cm³/mol. The first-order valence-corrected chi connectivity index (χ1v) is 14.2. The maximum atomic E-state index is 14.0. The minimum Gasteiger partial charge on any atom is -0.494 e. The average Bonchev–Trinajstić information content (AvgIpc) is 3.56. The number of nitrogens with zero attached hydrogens (tertiary/aromatic N) is 2. The molecule has 3 atom stereocenters. The van der Waals surface area contributed by atoms with Crippen LogP contribution in [0.3, 0.4) is 0 Å². The third kappa shape index (κ3) is 5.35. The minimum atomic E-state index is -1.06. The van der Waals surface area contributed by atoms with Gasteiger partial charge in [0, 0.05) is 0 Å². The third-order valence-electron chi connectivity index (χ3n) is 7.51. The number of anilines is 2. The molecule has 4 aromatic carbocycles. The van der Waals surface area contributed by atoms with Crippen LogP contribution >= 0.6 is 0 Å². The van der Waals surface area contributed by atoms with Gasteiger partial charge in [0.25, 0.3) is 5.91 Å². The van der Waals surface area contributed by atoms with Crippen LogP contribution < -0.4 is 24.2 Å². The van der Waals surface area contributed by atoms with Crippen LogP contribution in [0.5, 0.6) is 17.2 Å². The van der Waals surface area contributed by atoms with Crippen LogP contribution in [0.15, 0.2) is 97.1 Å². The standard InChI is InChI=1S/C34H29FN2O7/c1-3-19-42-26-16-14-24(15-17-26)36-32(38)29-30(37(44-31(29)33(36)39)25-7-5-4-6-8-25)22-11-18-27(28(20-22)41-2)43-34(40)21-9-12-23(35)13-10-21/h4-18,20,29-31H,3,19H2,1-2H3/t29-,30+,31-/m1/s1. The number of ether oxygens (including phenoxy) is 3. The minimum absolute atomic E-state index is 0.133. The fraction of sp³-hybridized carbons (Fsp3) is 0.206. The number of halogens is 1. The van der Waals surface area contributed by atoms with E-state index in [-0.39, 0.29) is 17.1 Å². The van der Waals surface area contributed by atoms with E-state index in [1.165, 1.54) is 31.4 Å². The monoisotopic (exact) mass is 596 g/mol. The van der Waals surface area contributed by atoms with Crippen molar-refractivity contribution in [2.45, 2.75) is 25.5 Å². The summed E-state index contributed by atoms with van der Waals surface area (Å²) in [6, 6.07) is 25.2. The third-order valence-corrected chi connectivity index (χ3v) is 7.51. The van der Waals surface area contributed by atoms with E-state index in [0.29, 0.717) is 29.3 Å². The number of hydroxylamine groups is 1. The quantitative estimate of drug-likeness (QED) is 0.134. The molecule has 2 heterocycles. The van der Waals surface area contributed by atoms with Crippen LogP contribution in [0.4, 0.5) is 15.8 Å². The summed E-state index contributed by atoms with van der Waals surface area (Å²) in [6.45, 7) is 2.57. The van der Waals surface area contributed by atoms with Crippen LogP contribution in [0.1, 0.15) is 35.3 Å². The molecule has 2 saturated heterocycles. The van der Waals surface area contributed by atoms with Crippen LogP contribution in [-0.2, 0) is 14.4 Å². The maximum Gasteiger partial charge on any atom is 0.343 e. The summed E-state index contributed by atoms with van der Waals surface area (Å²) in [5.74, 6) is -1.91. The Labute approximate surface area is 253 Å². The molecule has 10 heteroatoms. The largest absolute Gasteiger partial charge is 0.494 e. The van der Waals surface area contributed by atoms with Crippen LogP contribution in [0.25, 0.3) is 0 Å². The van der Waals surface area contributed by atoms with Gasteiger partial charge in [-0.25, -0.2) is 19.1 Å². The smallest absolute Gasteiger partial charge is 0.343 e. The number of imide groups is 1. The molecule has 0 bridgehead atoms. The maximum absolute atomic E-state index is 14.0. The van der Waals surface area contributed by atoms with Crippen molar-refractivity contribution < 1.29 is 37.8 Å². The molecular formula is C34H29FN2O7. The lowest BCUT2D eigenvalue weighted by Gasteiger charge is -2.29. The molecule has 0 aromatic heterocycles. The van der Waals surface area contributed by atoms with Gasteiger partial charge in [-0.3, -0.25) is 14.4 Å². The van der Waals surface area contributed by atoms with Crippen molar-refractivity contribution in [1.82, 2.24) is 0 Å². The van der Waals surface area contributed by atoms with E-state index in [9.17, 15) is 18.8 Å². The lowest BCUT2D eigenvalue weighted by atomic mass is 9.90. The van der Waals surface area contributed by atoms with E-state index in [0.717, 1.165) is 11.3 Å². The van der Waals surface area contributed by atoms with Crippen molar-refractivity contribution >= 4 is 29.2 Å². The fourth-order valence-electron chi connectivity index (χ4n) is 5.42. The number of esters is 1. The number of carbonyl (C=O) groups excluding carboxylic acids is 3. The Morgan fingerprint density at radius 3 is 2.27 bits per heavy atom. The van der Waals surface area contributed by atoms with E-state index < -0.39 is 41.7 Å². The predicted octanol–water partition coefficient (Wildman–Crippen LogP) is 5.89. The van der Waals surface area contributed by atoms with Gasteiger partial charge < -0.3 is 14.2 Å². The highest BCUT2D eigenvalue weighted by atomic mass is 19.1. The zero-order chi connectivity index (χ0) is 30.8. The van der Waals surface area contributed by atoms with Gasteiger partial charge in [0.1, 0.15) is 17.5 Å². The number of carbonyl (C=O) groups is 3. The number of amides is 2. The Morgan fingerprint density at radius 1 is 0.864 bits per heavy atom. The first-order chi connectivity index (χ1) is 21.4. The molecule has 0 saturated carbocycles. The summed E-state index contributed by atoms with van der Waals surface area (Å²) in [7, 11) is 1.43. The molecule has 9 nitrogen and oxygen atoms in total. The SMILES string of the molecule is CCCOc1ccc(N2C(=O)[C@H]3[C@@H](ON(c4ccccc4)[C@H]3c3ccc(OC(=O)c4ccc(F)cc4)c(OC)c3)C2=O)cc1. The second-order valence-corrected chi connectivity index (χ2v) is 10.3. The van der Waals surface area contributed by atoms with E-state index in [2.05, 4.69) is 0 Å². The lowest BCUT2D eigenvalue weighted by Crippen LogP contribution is -2.37. The fourth-order valence-corrected chi connectivity index (χ4v) is 5.42. The van der Waals surface area contributed by atoms with Gasteiger partial charge in [-0.05, 0) is 84.8 Å². The Bertz CT molecular complexity index is 1680. The Morgan fingerprint density at radius 2 is 1.59 bits per heavy atom. The number of benzene rings is 4. The summed E-state index contributed by atoms with van der Waals surface area (Å²) < 4.78 is 30.1. The van der Waals surface area contributed by atoms with Gasteiger partial charge in [0.15, 0.2) is 17.6 Å². The molecule has 2 aliphatic rings. The van der Waals surface area contributed by atoms with Gasteiger partial charge in [-0.1, -0.05) is 31.2 Å². The second kappa shape index (κ2) is 12.2. The topological polar surface area (TPSA) is 94.6 Å². The highest BCUT2D eigenvalue weighted by Gasteiger charge is 2.60. The average molecular weight is 597 g/mol. The molecule has 2 amide bonds. The van der Waals surface area contributed by atoms with Crippen LogP contribution in [0.2, 0.25) is 0 Å². The Balaban J connectivity index is 1.33. The second-order valence-electron chi connectivity index (χ2n) is 10.3. The van der Waals surface area contributed by atoms with Crippen molar-refractivity contribution in [3.63, 3.8) is 0 Å². The molecular weight excluding hydrogens is 567 g/mol. The van der Waals surface area contributed by atoms with Gasteiger partial charge in [0.05, 0.1) is 36.7 Å². The summed E-state index contributed by atoms with van der Waals surface area (Å²) in [5.41, 5.74) is 1.85. The summed E-state index contributed by atoms with van der Waals surface area (Å²) in [6.07, 6.45) is -0.210. The number of fused-ring (bicyclic) bond motifs is 1. The van der Waals surface area contributed by atoms with Gasteiger partial charge >= 0.3 is 5.97 Å². The molecule has 224 valence electrons. The van der Waals surface area contributed by atoms with E-state index in [1.807, 2.05) is 37.3 Å². The molecule has 0 spiro atoms. The van der Waals surface area contributed by atoms with Crippen molar-refractivity contribution in [2.24, 2.45) is 5.92 Å². The molecule has 4 aromatic rings. The molecule has 2 fully saturated rings. The summed E-state index contributed by atoms with van der Waals surface area (Å²) in [5, 5.41) is 1.57. The molecule has 6 rings (SSSR count). The van der Waals surface area contributed by atoms with Gasteiger partial charge in [0.2, 0.25) is 5.91 Å². The number of rotatable bonds is 9. The normalized spacial score (nSPS) is 19.2. The van der Waals surface area contributed by atoms with E-state index in [1.54, 1.807) is 47.5 Å². The zero-order valence-corrected chi connectivity index (χ0v) is 24.0. The molecule has 0 unspecified atom stereocenters. The lowest BCUT2D eigenvalue weighted by molar-refractivity contribution is -0.126. The molecule has 44 heavy (non-hydrogen) atoms. The van der Waals surface area contributed by atoms with Crippen molar-refractivity contribution in [1.29, 1.82) is 0 Å². The summed E-state index contributed by atoms with van der Waals surface area (Å²) in [4.78, 5) is 47.8. The number of hydrogen-bond acceptors (Lipinski definition) is 8. The Kier molecular flexibility index (Phi) is 7.99. The van der Waals surface area contributed by atoms with E-state index in [4.69, 9.17) is 19.0 Å². The van der Waals surface area contributed by atoms with Crippen molar-refractivity contribution in [3.05, 3.63) is 114 Å².